The third kappa shape index (κ3) is 7.96. The molecule has 1 saturated heterocycles. The number of ether oxygens (including phenoxy) is 2. The fraction of sp³-hybridized carbons (Fsp3) is 0.267. The number of aliphatic carboxylic acids is 1. The van der Waals surface area contributed by atoms with E-state index in [4.69, 9.17) is 9.47 Å². The van der Waals surface area contributed by atoms with Crippen molar-refractivity contribution in [3.8, 4) is 5.75 Å². The van der Waals surface area contributed by atoms with Gasteiger partial charge in [0.15, 0.2) is 6.61 Å². The minimum Gasteiger partial charge on any atom is -0.484 e. The van der Waals surface area contributed by atoms with Gasteiger partial charge in [-0.2, -0.15) is 0 Å². The van der Waals surface area contributed by atoms with E-state index < -0.39 is 42.2 Å². The van der Waals surface area contributed by atoms with Gasteiger partial charge >= 0.3 is 12.1 Å². The second kappa shape index (κ2) is 14.0. The number of nitrogens with one attached hydrogen (secondary N) is 2. The van der Waals surface area contributed by atoms with Gasteiger partial charge in [-0.05, 0) is 48.0 Å². The summed E-state index contributed by atoms with van der Waals surface area (Å²) in [6.07, 6.45) is -0.842. The highest BCUT2D eigenvalue weighted by molar-refractivity contribution is 6.00. The van der Waals surface area contributed by atoms with Gasteiger partial charge in [-0.25, -0.2) is 9.18 Å². The topological polar surface area (TPSA) is 138 Å². The predicted molar refractivity (Wildman–Crippen MR) is 152 cm³/mol. The van der Waals surface area contributed by atoms with Gasteiger partial charge in [-0.3, -0.25) is 14.4 Å². The molecule has 0 aliphatic carbocycles. The van der Waals surface area contributed by atoms with E-state index in [9.17, 15) is 28.7 Å². The van der Waals surface area contributed by atoms with Crippen LogP contribution in [0.25, 0.3) is 0 Å². The highest BCUT2D eigenvalue weighted by Crippen LogP contribution is 2.29. The van der Waals surface area contributed by atoms with Gasteiger partial charge in [0, 0.05) is 31.7 Å². The minimum absolute atomic E-state index is 0.170. The Morgan fingerprint density at radius 3 is 2.29 bits per heavy atom. The number of piperazine rings is 1. The number of carboxylic acids is 1. The fourth-order valence-electron chi connectivity index (χ4n) is 4.53. The van der Waals surface area contributed by atoms with Crippen LogP contribution >= 0.6 is 0 Å². The number of anilines is 2. The smallest absolute Gasteiger partial charge is 0.409 e. The molecule has 12 heteroatoms. The molecule has 0 saturated carbocycles. The molecule has 4 rings (SSSR count). The van der Waals surface area contributed by atoms with Gasteiger partial charge < -0.3 is 35.0 Å². The summed E-state index contributed by atoms with van der Waals surface area (Å²) in [5.41, 5.74) is 1.57. The molecule has 0 aromatic heterocycles. The lowest BCUT2D eigenvalue weighted by molar-refractivity contribution is -0.137. The number of para-hydroxylation sites is 1. The van der Waals surface area contributed by atoms with Crippen LogP contribution in [0.15, 0.2) is 72.8 Å². The van der Waals surface area contributed by atoms with Crippen molar-refractivity contribution < 1.29 is 38.1 Å². The van der Waals surface area contributed by atoms with Crippen LogP contribution in [-0.2, 0) is 14.3 Å². The number of methoxy groups -OCH3 is 1. The van der Waals surface area contributed by atoms with Gasteiger partial charge in [0.25, 0.3) is 11.8 Å². The molecule has 1 aliphatic rings. The summed E-state index contributed by atoms with van der Waals surface area (Å²) in [6, 6.07) is 17.9. The average molecular weight is 579 g/mol. The summed E-state index contributed by atoms with van der Waals surface area (Å²) >= 11 is 0. The van der Waals surface area contributed by atoms with Crippen LogP contribution in [0.3, 0.4) is 0 Å². The lowest BCUT2D eigenvalue weighted by Gasteiger charge is -2.36. The van der Waals surface area contributed by atoms with E-state index in [0.717, 1.165) is 0 Å². The van der Waals surface area contributed by atoms with Gasteiger partial charge in [-0.1, -0.05) is 30.3 Å². The lowest BCUT2D eigenvalue weighted by atomic mass is 10.0. The maximum atomic E-state index is 13.4. The molecule has 11 nitrogen and oxygen atoms in total. The van der Waals surface area contributed by atoms with Crippen LogP contribution in [0.4, 0.5) is 20.6 Å². The van der Waals surface area contributed by atoms with E-state index in [1.165, 1.54) is 37.4 Å². The number of nitrogens with zero attached hydrogens (tertiary/aromatic N) is 2. The van der Waals surface area contributed by atoms with Crippen molar-refractivity contribution in [2.45, 2.75) is 12.5 Å². The molecule has 0 bridgehead atoms. The first-order valence-electron chi connectivity index (χ1n) is 13.2. The normalized spacial score (nSPS) is 13.6. The van der Waals surface area contributed by atoms with Crippen LogP contribution in [0.5, 0.6) is 5.75 Å². The van der Waals surface area contributed by atoms with Gasteiger partial charge in [0.2, 0.25) is 0 Å². The first-order chi connectivity index (χ1) is 20.2. The number of hydrogen-bond acceptors (Lipinski definition) is 7. The summed E-state index contributed by atoms with van der Waals surface area (Å²) in [6.45, 7) is 1.42. The van der Waals surface area contributed by atoms with Crippen molar-refractivity contribution in [1.29, 1.82) is 0 Å². The van der Waals surface area contributed by atoms with Crippen molar-refractivity contribution in [3.05, 3.63) is 89.7 Å². The highest BCUT2D eigenvalue weighted by Gasteiger charge is 2.25. The van der Waals surface area contributed by atoms with Crippen LogP contribution in [0, 0.1) is 5.82 Å². The van der Waals surface area contributed by atoms with Crippen LogP contribution in [0.2, 0.25) is 0 Å². The Labute approximate surface area is 241 Å². The predicted octanol–water partition coefficient (Wildman–Crippen LogP) is 3.68. The van der Waals surface area contributed by atoms with E-state index in [2.05, 4.69) is 10.6 Å². The largest absolute Gasteiger partial charge is 0.484 e. The molecule has 1 unspecified atom stereocenters. The number of benzene rings is 3. The molecule has 42 heavy (non-hydrogen) atoms. The molecule has 1 atom stereocenters. The minimum atomic E-state index is -1.14. The first-order valence-corrected chi connectivity index (χ1v) is 13.2. The number of rotatable bonds is 10. The van der Waals surface area contributed by atoms with Crippen molar-refractivity contribution in [2.75, 3.05) is 50.1 Å². The molecule has 1 heterocycles. The molecular formula is C30H31FN4O7. The van der Waals surface area contributed by atoms with Crippen molar-refractivity contribution in [3.63, 3.8) is 0 Å². The van der Waals surface area contributed by atoms with Crippen molar-refractivity contribution >= 4 is 35.3 Å². The molecule has 3 aromatic rings. The summed E-state index contributed by atoms with van der Waals surface area (Å²) < 4.78 is 23.8. The summed E-state index contributed by atoms with van der Waals surface area (Å²) in [5.74, 6) is -2.15. The van der Waals surface area contributed by atoms with E-state index >= 15 is 0 Å². The molecule has 3 amide bonds. The maximum Gasteiger partial charge on any atom is 0.409 e. The average Bonchev–Trinajstić information content (AvgIpc) is 3.00. The zero-order valence-corrected chi connectivity index (χ0v) is 22.9. The Kier molecular flexibility index (Phi) is 9.93. The zero-order chi connectivity index (χ0) is 30.1. The van der Waals surface area contributed by atoms with E-state index in [0.29, 0.717) is 48.9 Å². The fourth-order valence-corrected chi connectivity index (χ4v) is 4.53. The monoisotopic (exact) mass is 578 g/mol. The third-order valence-corrected chi connectivity index (χ3v) is 6.66. The number of carbonyl (C=O) groups is 4. The zero-order valence-electron chi connectivity index (χ0n) is 22.9. The maximum absolute atomic E-state index is 13.4. The van der Waals surface area contributed by atoms with Crippen molar-refractivity contribution in [2.24, 2.45) is 0 Å². The van der Waals surface area contributed by atoms with Crippen LogP contribution < -0.4 is 20.3 Å². The van der Waals surface area contributed by atoms with Gasteiger partial charge in [-0.15, -0.1) is 0 Å². The third-order valence-electron chi connectivity index (χ3n) is 6.66. The number of carboxylic acid groups (broad SMARTS) is 1. The van der Waals surface area contributed by atoms with Crippen LogP contribution in [-0.4, -0.2) is 73.8 Å². The van der Waals surface area contributed by atoms with E-state index in [1.807, 2.05) is 11.0 Å². The summed E-state index contributed by atoms with van der Waals surface area (Å²) in [7, 11) is 1.32. The highest BCUT2D eigenvalue weighted by atomic mass is 19.1. The Morgan fingerprint density at radius 1 is 0.952 bits per heavy atom. The number of halogens is 1. The SMILES string of the molecule is COC(=O)N1CCN(c2ccc(C(=O)NC(CC(=O)O)c3ccc(F)cc3)cc2NC(=O)COc2ccccc2)CC1. The second-order valence-corrected chi connectivity index (χ2v) is 9.50. The number of hydrogen-bond donors (Lipinski definition) is 3. The molecule has 3 N–H and O–H groups in total. The first kappa shape index (κ1) is 29.8. The standard InChI is InChI=1S/C30H31FN4O7/c1-41-30(40)35-15-13-34(14-16-35)26-12-9-21(17-25(26)32-27(36)19-42-23-5-3-2-4-6-23)29(39)33-24(18-28(37)38)20-7-10-22(31)11-8-20/h2-12,17,24H,13-16,18-19H2,1H3,(H,32,36)(H,33,39)(H,37,38). The lowest BCUT2D eigenvalue weighted by Crippen LogP contribution is -2.49. The Bertz CT molecular complexity index is 1410. The van der Waals surface area contributed by atoms with E-state index in [-0.39, 0.29) is 12.2 Å². The number of amides is 3. The van der Waals surface area contributed by atoms with Crippen molar-refractivity contribution in [1.82, 2.24) is 10.2 Å². The second-order valence-electron chi connectivity index (χ2n) is 9.50. The molecular weight excluding hydrogens is 547 g/mol. The van der Waals surface area contributed by atoms with Gasteiger partial charge in [0.1, 0.15) is 11.6 Å². The molecule has 220 valence electrons. The summed E-state index contributed by atoms with van der Waals surface area (Å²) in [4.78, 5) is 53.1. The summed E-state index contributed by atoms with van der Waals surface area (Å²) in [5, 5.41) is 14.9. The van der Waals surface area contributed by atoms with E-state index in [1.54, 1.807) is 41.3 Å². The molecule has 1 fully saturated rings. The molecule has 0 radical (unpaired) electrons. The quantitative estimate of drug-likeness (QED) is 0.331. The molecule has 0 spiro atoms. The van der Waals surface area contributed by atoms with Gasteiger partial charge in [0.05, 0.1) is 30.9 Å². The van der Waals surface area contributed by atoms with Crippen LogP contribution in [0.1, 0.15) is 28.4 Å². The molecule has 1 aliphatic heterocycles. The Morgan fingerprint density at radius 2 is 1.64 bits per heavy atom. The Hall–Kier alpha value is -5.13. The Balaban J connectivity index is 1.55. The number of carbonyl (C=O) groups excluding carboxylic acids is 3. The molecule has 3 aromatic carbocycles.